The van der Waals surface area contributed by atoms with Gasteiger partial charge in [0.25, 0.3) is 0 Å². The molecule has 3 aromatic rings. The van der Waals surface area contributed by atoms with E-state index in [4.69, 9.17) is 5.14 Å². The van der Waals surface area contributed by atoms with E-state index < -0.39 is 10.0 Å². The van der Waals surface area contributed by atoms with Gasteiger partial charge in [-0.1, -0.05) is 23.8 Å². The van der Waals surface area contributed by atoms with Crippen molar-refractivity contribution in [3.05, 3.63) is 65.9 Å². The molecule has 0 amide bonds. The first kappa shape index (κ1) is 17.5. The number of anilines is 2. The van der Waals surface area contributed by atoms with Crippen LogP contribution in [-0.2, 0) is 10.0 Å². The van der Waals surface area contributed by atoms with E-state index in [1.807, 2.05) is 31.2 Å². The van der Waals surface area contributed by atoms with Gasteiger partial charge in [-0.2, -0.15) is 5.26 Å². The third kappa shape index (κ3) is 3.85. The highest BCUT2D eigenvalue weighted by molar-refractivity contribution is 7.89. The fraction of sp³-hybridized carbons (Fsp3) is 0.0556. The van der Waals surface area contributed by atoms with E-state index in [1.165, 1.54) is 18.3 Å². The lowest BCUT2D eigenvalue weighted by atomic mass is 10.1. The van der Waals surface area contributed by atoms with E-state index in [0.29, 0.717) is 22.9 Å². The Hall–Kier alpha value is -3.28. The zero-order valence-corrected chi connectivity index (χ0v) is 14.7. The Morgan fingerprint density at radius 3 is 2.50 bits per heavy atom. The molecule has 3 rings (SSSR count). The molecule has 1 heterocycles. The maximum atomic E-state index is 11.3. The van der Waals surface area contributed by atoms with Crippen molar-refractivity contribution in [2.24, 2.45) is 5.14 Å². The third-order valence-corrected chi connectivity index (χ3v) is 4.57. The van der Waals surface area contributed by atoms with E-state index in [-0.39, 0.29) is 4.90 Å². The minimum atomic E-state index is -3.74. The molecule has 26 heavy (non-hydrogen) atoms. The number of aryl methyl sites for hydroxylation is 1. The number of sulfonamides is 1. The third-order valence-electron chi connectivity index (χ3n) is 3.64. The Labute approximate surface area is 151 Å². The van der Waals surface area contributed by atoms with Crippen LogP contribution in [0.2, 0.25) is 0 Å². The largest absolute Gasteiger partial charge is 0.324 e. The summed E-state index contributed by atoms with van der Waals surface area (Å²) in [5, 5.41) is 17.4. The maximum absolute atomic E-state index is 11.3. The molecule has 0 aliphatic heterocycles. The van der Waals surface area contributed by atoms with Gasteiger partial charge in [0, 0.05) is 11.3 Å². The summed E-state index contributed by atoms with van der Waals surface area (Å²) in [5.41, 5.74) is 3.35. The molecule has 2 aromatic carbocycles. The molecule has 3 N–H and O–H groups in total. The van der Waals surface area contributed by atoms with Crippen molar-refractivity contribution < 1.29 is 8.42 Å². The summed E-state index contributed by atoms with van der Waals surface area (Å²) in [5.74, 6) is 0.295. The molecule has 0 atom stereocenters. The number of nitrogens with zero attached hydrogens (tertiary/aromatic N) is 3. The minimum absolute atomic E-state index is 0.0178. The summed E-state index contributed by atoms with van der Waals surface area (Å²) < 4.78 is 22.6. The lowest BCUT2D eigenvalue weighted by Gasteiger charge is -2.09. The molecule has 0 aliphatic rings. The van der Waals surface area contributed by atoms with Crippen LogP contribution < -0.4 is 10.5 Å². The molecule has 8 heteroatoms. The van der Waals surface area contributed by atoms with Crippen molar-refractivity contribution in [3.8, 4) is 17.3 Å². The molecule has 1 aromatic heterocycles. The van der Waals surface area contributed by atoms with E-state index in [1.54, 1.807) is 12.1 Å². The Morgan fingerprint density at radius 1 is 1.15 bits per heavy atom. The fourth-order valence-corrected chi connectivity index (χ4v) is 2.91. The van der Waals surface area contributed by atoms with Gasteiger partial charge in [-0.05, 0) is 37.3 Å². The summed E-state index contributed by atoms with van der Waals surface area (Å²) in [6, 6.07) is 15.7. The average molecular weight is 365 g/mol. The van der Waals surface area contributed by atoms with Crippen LogP contribution >= 0.6 is 0 Å². The van der Waals surface area contributed by atoms with Crippen LogP contribution in [-0.4, -0.2) is 18.4 Å². The molecular weight excluding hydrogens is 350 g/mol. The Bertz CT molecular complexity index is 1100. The number of nitriles is 1. The predicted molar refractivity (Wildman–Crippen MR) is 98.0 cm³/mol. The zero-order chi connectivity index (χ0) is 18.7. The number of aromatic nitrogens is 2. The number of benzene rings is 2. The van der Waals surface area contributed by atoms with Crippen molar-refractivity contribution in [2.45, 2.75) is 11.8 Å². The van der Waals surface area contributed by atoms with Gasteiger partial charge in [-0.25, -0.2) is 23.5 Å². The molecule has 0 saturated carbocycles. The summed E-state index contributed by atoms with van der Waals surface area (Å²) in [6.45, 7) is 1.96. The molecule has 0 fully saturated rings. The van der Waals surface area contributed by atoms with Gasteiger partial charge in [-0.3, -0.25) is 0 Å². The second kappa shape index (κ2) is 6.92. The number of rotatable bonds is 4. The monoisotopic (exact) mass is 365 g/mol. The first-order valence-corrected chi connectivity index (χ1v) is 9.15. The van der Waals surface area contributed by atoms with E-state index in [9.17, 15) is 13.7 Å². The Morgan fingerprint density at radius 2 is 1.88 bits per heavy atom. The van der Waals surface area contributed by atoms with E-state index >= 15 is 0 Å². The smallest absolute Gasteiger partial charge is 0.238 e. The van der Waals surface area contributed by atoms with Gasteiger partial charge in [0.1, 0.15) is 6.07 Å². The van der Waals surface area contributed by atoms with Crippen LogP contribution in [0.25, 0.3) is 11.3 Å². The van der Waals surface area contributed by atoms with Crippen molar-refractivity contribution in [1.82, 2.24) is 9.97 Å². The highest BCUT2D eigenvalue weighted by atomic mass is 32.2. The van der Waals surface area contributed by atoms with Gasteiger partial charge < -0.3 is 5.32 Å². The van der Waals surface area contributed by atoms with Gasteiger partial charge in [0.2, 0.25) is 16.0 Å². The minimum Gasteiger partial charge on any atom is -0.324 e. The van der Waals surface area contributed by atoms with Crippen molar-refractivity contribution >= 4 is 21.7 Å². The van der Waals surface area contributed by atoms with E-state index in [2.05, 4.69) is 21.4 Å². The van der Waals surface area contributed by atoms with Crippen molar-refractivity contribution in [3.63, 3.8) is 0 Å². The van der Waals surface area contributed by atoms with Crippen LogP contribution in [0.4, 0.5) is 11.6 Å². The first-order chi connectivity index (χ1) is 12.4. The van der Waals surface area contributed by atoms with Crippen LogP contribution in [0, 0.1) is 18.3 Å². The molecule has 0 aliphatic carbocycles. The Kier molecular flexibility index (Phi) is 4.67. The van der Waals surface area contributed by atoms with Gasteiger partial charge >= 0.3 is 0 Å². The topological polar surface area (TPSA) is 122 Å². The second-order valence-corrected chi connectivity index (χ2v) is 7.19. The number of nitrogens with two attached hydrogens (primary N) is 1. The maximum Gasteiger partial charge on any atom is 0.238 e. The fourth-order valence-electron chi connectivity index (χ4n) is 2.39. The van der Waals surface area contributed by atoms with Crippen LogP contribution in [0.3, 0.4) is 0 Å². The molecule has 0 unspecified atom stereocenters. The molecule has 0 spiro atoms. The van der Waals surface area contributed by atoms with Gasteiger partial charge in [0.05, 0.1) is 22.3 Å². The first-order valence-electron chi connectivity index (χ1n) is 7.61. The lowest BCUT2D eigenvalue weighted by Crippen LogP contribution is -2.11. The summed E-state index contributed by atoms with van der Waals surface area (Å²) in [6.07, 6.45) is 1.45. The summed E-state index contributed by atoms with van der Waals surface area (Å²) in [7, 11) is -3.74. The molecule has 0 bridgehead atoms. The SMILES string of the molecule is Cc1cccc(-c2nc(Nc3ccc(S(N)(=O)=O)cc3)ncc2C#N)c1. The van der Waals surface area contributed by atoms with Gasteiger partial charge in [0.15, 0.2) is 0 Å². The predicted octanol–water partition coefficient (Wildman–Crippen LogP) is 2.71. The molecule has 7 nitrogen and oxygen atoms in total. The number of primary sulfonamides is 1. The second-order valence-electron chi connectivity index (χ2n) is 5.63. The standard InChI is InChI=1S/C18H15N5O2S/c1-12-3-2-4-13(9-12)17-14(10-19)11-21-18(23-17)22-15-5-7-16(8-6-15)26(20,24)25/h2-9,11H,1H3,(H2,20,24,25)(H,21,22,23). The van der Waals surface area contributed by atoms with E-state index in [0.717, 1.165) is 11.1 Å². The quantitative estimate of drug-likeness (QED) is 0.733. The van der Waals surface area contributed by atoms with Gasteiger partial charge in [-0.15, -0.1) is 0 Å². The average Bonchev–Trinajstić information content (AvgIpc) is 2.61. The van der Waals surface area contributed by atoms with Crippen LogP contribution in [0.1, 0.15) is 11.1 Å². The summed E-state index contributed by atoms with van der Waals surface area (Å²) in [4.78, 5) is 8.59. The molecule has 130 valence electrons. The van der Waals surface area contributed by atoms with Crippen LogP contribution in [0.15, 0.2) is 59.6 Å². The van der Waals surface area contributed by atoms with Crippen molar-refractivity contribution in [2.75, 3.05) is 5.32 Å². The number of hydrogen-bond acceptors (Lipinski definition) is 6. The van der Waals surface area contributed by atoms with Crippen LogP contribution in [0.5, 0.6) is 0 Å². The highest BCUT2D eigenvalue weighted by Crippen LogP contribution is 2.24. The number of hydrogen-bond donors (Lipinski definition) is 2. The van der Waals surface area contributed by atoms with Crippen molar-refractivity contribution in [1.29, 1.82) is 5.26 Å². The molecule has 0 radical (unpaired) electrons. The Balaban J connectivity index is 1.95. The number of nitrogens with one attached hydrogen (secondary N) is 1. The molecular formula is C18H15N5O2S. The highest BCUT2D eigenvalue weighted by Gasteiger charge is 2.11. The normalized spacial score (nSPS) is 11.0. The lowest BCUT2D eigenvalue weighted by molar-refractivity contribution is 0.598. The molecule has 0 saturated heterocycles. The summed E-state index contributed by atoms with van der Waals surface area (Å²) >= 11 is 0. The zero-order valence-electron chi connectivity index (χ0n) is 13.8.